The number of benzene rings is 2. The smallest absolute Gasteiger partial charge is 0.432 e. The third-order valence-electron chi connectivity index (χ3n) is 4.56. The van der Waals surface area contributed by atoms with Crippen molar-refractivity contribution < 1.29 is 37.4 Å². The number of nitrogens with zero attached hydrogens (tertiary/aromatic N) is 1. The van der Waals surface area contributed by atoms with Gasteiger partial charge in [0.05, 0.1) is 11.0 Å². The zero-order valence-electron chi connectivity index (χ0n) is 15.8. The predicted octanol–water partition coefficient (Wildman–Crippen LogP) is 1.99. The van der Waals surface area contributed by atoms with Crippen LogP contribution in [0.25, 0.3) is 0 Å². The third kappa shape index (κ3) is 5.25. The molecule has 1 heterocycles. The Kier molecular flexibility index (Phi) is 6.87. The molecule has 162 valence electrons. The Bertz CT molecular complexity index is 967. The molecule has 1 amide bonds. The van der Waals surface area contributed by atoms with E-state index in [2.05, 4.69) is 0 Å². The van der Waals surface area contributed by atoms with Crippen LogP contribution in [0.3, 0.4) is 0 Å². The van der Waals surface area contributed by atoms with Crippen molar-refractivity contribution in [2.75, 3.05) is 6.54 Å². The molecule has 2 atom stereocenters. The number of aliphatic hydroxyl groups is 1. The Morgan fingerprint density at radius 1 is 1.17 bits per heavy atom. The van der Waals surface area contributed by atoms with Crippen molar-refractivity contribution in [3.63, 3.8) is 0 Å². The summed E-state index contributed by atoms with van der Waals surface area (Å²) in [6.45, 7) is 0.123. The number of nitrogens with one attached hydrogen (secondary N) is 1. The van der Waals surface area contributed by atoms with Gasteiger partial charge in [-0.05, 0) is 48.4 Å². The van der Waals surface area contributed by atoms with Gasteiger partial charge < -0.3 is 14.6 Å². The first-order valence-electron chi connectivity index (χ1n) is 9.07. The number of carbonyl (C=O) groups excluding carboxylic acids is 1. The fraction of sp³-hybridized carbons (Fsp3) is 0.316. The Balaban J connectivity index is 1.71. The first kappa shape index (κ1) is 22.0. The minimum atomic E-state index is -4.04. The molecule has 1 aliphatic heterocycles. The first-order chi connectivity index (χ1) is 14.3. The first-order valence-corrected chi connectivity index (χ1v) is 10.5. The standard InChI is InChI=1S/C19H21FN2O7S/c20-14-3-1-13(2-4-14)12-28-16-5-7-17(8-6-16)30(26,27)22-10-9-15(23)11-18(22)29-19(24)21-25/h1-8,15,18,23,25H,9-12H2,(H,21,24)/t15-,18+/m0/s1. The summed E-state index contributed by atoms with van der Waals surface area (Å²) < 4.78 is 50.3. The molecular weight excluding hydrogens is 419 g/mol. The van der Waals surface area contributed by atoms with Crippen molar-refractivity contribution in [1.29, 1.82) is 0 Å². The number of hydrogen-bond acceptors (Lipinski definition) is 7. The lowest BCUT2D eigenvalue weighted by molar-refractivity contribution is -0.0444. The number of rotatable bonds is 6. The number of piperidine rings is 1. The summed E-state index contributed by atoms with van der Waals surface area (Å²) in [4.78, 5) is 11.3. The topological polar surface area (TPSA) is 125 Å². The van der Waals surface area contributed by atoms with Crippen LogP contribution in [0.4, 0.5) is 9.18 Å². The van der Waals surface area contributed by atoms with Gasteiger partial charge in [0.2, 0.25) is 10.0 Å². The summed E-state index contributed by atoms with van der Waals surface area (Å²) >= 11 is 0. The molecule has 0 radical (unpaired) electrons. The van der Waals surface area contributed by atoms with E-state index in [1.807, 2.05) is 0 Å². The molecule has 3 N–H and O–H groups in total. The predicted molar refractivity (Wildman–Crippen MR) is 101 cm³/mol. The van der Waals surface area contributed by atoms with Crippen LogP contribution in [-0.4, -0.2) is 48.0 Å². The van der Waals surface area contributed by atoms with E-state index in [1.165, 1.54) is 41.9 Å². The van der Waals surface area contributed by atoms with E-state index in [4.69, 9.17) is 14.7 Å². The van der Waals surface area contributed by atoms with Gasteiger partial charge in [0.15, 0.2) is 6.23 Å². The van der Waals surface area contributed by atoms with E-state index in [9.17, 15) is 22.7 Å². The second-order valence-electron chi connectivity index (χ2n) is 6.65. The van der Waals surface area contributed by atoms with E-state index >= 15 is 0 Å². The number of aliphatic hydroxyl groups excluding tert-OH is 1. The van der Waals surface area contributed by atoms with Gasteiger partial charge in [-0.2, -0.15) is 4.31 Å². The van der Waals surface area contributed by atoms with Crippen LogP contribution in [0.1, 0.15) is 18.4 Å². The molecule has 2 aromatic carbocycles. The minimum Gasteiger partial charge on any atom is -0.489 e. The SMILES string of the molecule is O=C(NO)O[C@@H]1C[C@@H](O)CCN1S(=O)(=O)c1ccc(OCc2ccc(F)cc2)cc1. The van der Waals surface area contributed by atoms with Crippen LogP contribution in [0.5, 0.6) is 5.75 Å². The van der Waals surface area contributed by atoms with Crippen molar-refractivity contribution in [2.24, 2.45) is 0 Å². The lowest BCUT2D eigenvalue weighted by Crippen LogP contribution is -2.50. The molecule has 0 saturated carbocycles. The monoisotopic (exact) mass is 440 g/mol. The lowest BCUT2D eigenvalue weighted by Gasteiger charge is -2.35. The molecule has 1 fully saturated rings. The molecule has 11 heteroatoms. The molecule has 1 aliphatic rings. The van der Waals surface area contributed by atoms with Gasteiger partial charge >= 0.3 is 6.09 Å². The van der Waals surface area contributed by atoms with Crippen molar-refractivity contribution >= 4 is 16.1 Å². The van der Waals surface area contributed by atoms with E-state index < -0.39 is 28.4 Å². The van der Waals surface area contributed by atoms with E-state index in [1.54, 1.807) is 12.1 Å². The number of carbonyl (C=O) groups is 1. The molecule has 0 aliphatic carbocycles. The number of ether oxygens (including phenoxy) is 2. The molecule has 2 aromatic rings. The lowest BCUT2D eigenvalue weighted by atomic mass is 10.1. The van der Waals surface area contributed by atoms with Gasteiger partial charge in [-0.1, -0.05) is 12.1 Å². The number of halogens is 1. The Morgan fingerprint density at radius 3 is 2.47 bits per heavy atom. The maximum atomic E-state index is 13.0. The second kappa shape index (κ2) is 9.39. The van der Waals surface area contributed by atoms with Crippen LogP contribution in [0.2, 0.25) is 0 Å². The summed E-state index contributed by atoms with van der Waals surface area (Å²) in [5.41, 5.74) is 2.03. The van der Waals surface area contributed by atoms with Crippen molar-refractivity contribution in [3.05, 3.63) is 59.9 Å². The normalized spacial score (nSPS) is 19.8. The number of amides is 1. The van der Waals surface area contributed by atoms with Gasteiger partial charge in [-0.3, -0.25) is 5.21 Å². The molecule has 0 unspecified atom stereocenters. The van der Waals surface area contributed by atoms with Gasteiger partial charge in [-0.25, -0.2) is 23.1 Å². The highest BCUT2D eigenvalue weighted by molar-refractivity contribution is 7.89. The zero-order valence-corrected chi connectivity index (χ0v) is 16.6. The van der Waals surface area contributed by atoms with Crippen LogP contribution < -0.4 is 10.2 Å². The second-order valence-corrected chi connectivity index (χ2v) is 8.54. The Labute approximate surface area is 172 Å². The van der Waals surface area contributed by atoms with Gasteiger partial charge in [0.1, 0.15) is 18.2 Å². The zero-order chi connectivity index (χ0) is 21.7. The quantitative estimate of drug-likeness (QED) is 0.463. The maximum absolute atomic E-state index is 13.0. The highest BCUT2D eigenvalue weighted by Crippen LogP contribution is 2.27. The highest BCUT2D eigenvalue weighted by Gasteiger charge is 2.38. The molecular formula is C19H21FN2O7S. The summed E-state index contributed by atoms with van der Waals surface area (Å²) in [5.74, 6) is 0.0668. The third-order valence-corrected chi connectivity index (χ3v) is 6.46. The molecule has 0 spiro atoms. The number of hydrogen-bond donors (Lipinski definition) is 3. The molecule has 0 bridgehead atoms. The summed E-state index contributed by atoms with van der Waals surface area (Å²) in [6, 6.07) is 11.5. The molecule has 9 nitrogen and oxygen atoms in total. The van der Waals surface area contributed by atoms with Gasteiger partial charge in [-0.15, -0.1) is 0 Å². The molecule has 3 rings (SSSR count). The average molecular weight is 440 g/mol. The van der Waals surface area contributed by atoms with Crippen LogP contribution in [0, 0.1) is 5.82 Å². The number of sulfonamides is 1. The van der Waals surface area contributed by atoms with E-state index in [-0.39, 0.29) is 36.7 Å². The summed E-state index contributed by atoms with van der Waals surface area (Å²) in [6.07, 6.45) is -3.26. The van der Waals surface area contributed by atoms with Crippen LogP contribution in [-0.2, 0) is 21.4 Å². The van der Waals surface area contributed by atoms with Gasteiger partial charge in [0, 0.05) is 13.0 Å². The van der Waals surface area contributed by atoms with Crippen LogP contribution in [0.15, 0.2) is 53.4 Å². The fourth-order valence-electron chi connectivity index (χ4n) is 3.01. The largest absolute Gasteiger partial charge is 0.489 e. The number of hydroxylamine groups is 1. The fourth-order valence-corrected chi connectivity index (χ4v) is 4.55. The van der Waals surface area contributed by atoms with Crippen molar-refractivity contribution in [3.8, 4) is 5.75 Å². The van der Waals surface area contributed by atoms with E-state index in [0.29, 0.717) is 5.75 Å². The van der Waals surface area contributed by atoms with Crippen molar-refractivity contribution in [2.45, 2.75) is 36.7 Å². The Hall–Kier alpha value is -2.73. The van der Waals surface area contributed by atoms with Crippen LogP contribution >= 0.6 is 0 Å². The highest BCUT2D eigenvalue weighted by atomic mass is 32.2. The summed E-state index contributed by atoms with van der Waals surface area (Å²) in [7, 11) is -4.04. The molecule has 30 heavy (non-hydrogen) atoms. The molecule has 1 saturated heterocycles. The average Bonchev–Trinajstić information content (AvgIpc) is 2.73. The Morgan fingerprint density at radius 2 is 1.83 bits per heavy atom. The van der Waals surface area contributed by atoms with Crippen molar-refractivity contribution in [1.82, 2.24) is 9.79 Å². The summed E-state index contributed by atoms with van der Waals surface area (Å²) in [5, 5.41) is 18.4. The van der Waals surface area contributed by atoms with E-state index in [0.717, 1.165) is 9.87 Å². The minimum absolute atomic E-state index is 0.0500. The molecule has 0 aromatic heterocycles. The van der Waals surface area contributed by atoms with Gasteiger partial charge in [0.25, 0.3) is 0 Å². The maximum Gasteiger partial charge on any atom is 0.432 e.